The molecule has 0 aliphatic heterocycles. The van der Waals surface area contributed by atoms with E-state index in [9.17, 15) is 18.0 Å². The van der Waals surface area contributed by atoms with E-state index in [1.54, 1.807) is 6.07 Å². The molecular weight excluding hydrogens is 387 g/mol. The molecule has 0 unspecified atom stereocenters. The van der Waals surface area contributed by atoms with Crippen molar-refractivity contribution in [2.75, 3.05) is 5.32 Å². The van der Waals surface area contributed by atoms with Gasteiger partial charge in [0.2, 0.25) is 0 Å². The number of nitrogens with zero attached hydrogens (tertiary/aromatic N) is 3. The van der Waals surface area contributed by atoms with Crippen LogP contribution in [-0.2, 0) is 6.54 Å². The Morgan fingerprint density at radius 2 is 1.76 bits per heavy atom. The van der Waals surface area contributed by atoms with Crippen LogP contribution < -0.4 is 15.7 Å². The van der Waals surface area contributed by atoms with Gasteiger partial charge in [-0.25, -0.2) is 14.8 Å². The van der Waals surface area contributed by atoms with E-state index in [1.165, 1.54) is 29.1 Å². The molecule has 2 aromatic heterocycles. The minimum absolute atomic E-state index is 0.0430. The molecule has 2 N–H and O–H groups in total. The summed E-state index contributed by atoms with van der Waals surface area (Å²) in [5, 5.41) is 2.78. The highest BCUT2D eigenvalue weighted by Crippen LogP contribution is 2.32. The maximum atomic E-state index is 12.6. The van der Waals surface area contributed by atoms with E-state index in [4.69, 9.17) is 0 Å². The number of H-pyrrole nitrogens is 1. The Bertz CT molecular complexity index is 1200. The lowest BCUT2D eigenvalue weighted by molar-refractivity contribution is -0.274. The van der Waals surface area contributed by atoms with E-state index < -0.39 is 17.8 Å². The summed E-state index contributed by atoms with van der Waals surface area (Å²) in [5.41, 5.74) is 1.13. The second kappa shape index (κ2) is 7.30. The molecular formula is C19H14F3N5O2. The summed E-state index contributed by atoms with van der Waals surface area (Å²) in [6.45, 7) is 0.282. The second-order valence-corrected chi connectivity index (χ2v) is 6.09. The number of halogens is 3. The number of hydrogen-bond donors (Lipinski definition) is 2. The number of aromatic amines is 1. The molecule has 0 aliphatic rings. The molecule has 0 saturated carbocycles. The summed E-state index contributed by atoms with van der Waals surface area (Å²) in [7, 11) is 0. The average molecular weight is 401 g/mol. The minimum atomic E-state index is -4.84. The van der Waals surface area contributed by atoms with E-state index in [-0.39, 0.29) is 23.6 Å². The molecule has 0 bridgehead atoms. The van der Waals surface area contributed by atoms with Gasteiger partial charge in [0, 0.05) is 0 Å². The van der Waals surface area contributed by atoms with E-state index in [0.717, 1.165) is 5.56 Å². The van der Waals surface area contributed by atoms with Crippen molar-refractivity contribution >= 4 is 22.7 Å². The van der Waals surface area contributed by atoms with Gasteiger partial charge in [0.05, 0.1) is 12.2 Å². The van der Waals surface area contributed by atoms with Crippen LogP contribution in [-0.4, -0.2) is 25.9 Å². The van der Waals surface area contributed by atoms with Crippen LogP contribution in [0.2, 0.25) is 0 Å². The number of ether oxygens (including phenoxy) is 1. The summed E-state index contributed by atoms with van der Waals surface area (Å²) >= 11 is 0. The number of imidazole rings is 1. The van der Waals surface area contributed by atoms with Gasteiger partial charge in [-0.15, -0.1) is 13.2 Å². The number of aromatic nitrogens is 4. The molecule has 0 saturated heterocycles. The van der Waals surface area contributed by atoms with Crippen LogP contribution in [0.1, 0.15) is 5.56 Å². The maximum Gasteiger partial charge on any atom is 0.573 e. The van der Waals surface area contributed by atoms with Gasteiger partial charge < -0.3 is 15.0 Å². The molecule has 0 amide bonds. The lowest BCUT2D eigenvalue weighted by Crippen LogP contribution is -2.18. The van der Waals surface area contributed by atoms with E-state index in [1.807, 2.05) is 30.3 Å². The van der Waals surface area contributed by atoms with Gasteiger partial charge in [-0.3, -0.25) is 4.57 Å². The zero-order valence-electron chi connectivity index (χ0n) is 14.8. The summed E-state index contributed by atoms with van der Waals surface area (Å²) < 4.78 is 43.4. The Kier molecular flexibility index (Phi) is 4.67. The lowest BCUT2D eigenvalue weighted by Gasteiger charge is -2.14. The van der Waals surface area contributed by atoms with Crippen molar-refractivity contribution in [1.82, 2.24) is 19.5 Å². The average Bonchev–Trinajstić information content (AvgIpc) is 3.00. The molecule has 4 rings (SSSR count). The normalized spacial score (nSPS) is 11.6. The standard InChI is InChI=1S/C19H14F3N5O2/c20-19(21,22)29-14-9-5-4-8-13(14)25-16-15-17(24-11-23-16)27(18(28)26-15)10-12-6-2-1-3-7-12/h1-9,11H,10H2,(H,26,28)(H,23,24,25). The van der Waals surface area contributed by atoms with Crippen molar-refractivity contribution in [2.45, 2.75) is 12.9 Å². The van der Waals surface area contributed by atoms with Gasteiger partial charge >= 0.3 is 12.1 Å². The van der Waals surface area contributed by atoms with E-state index >= 15 is 0 Å². The fourth-order valence-corrected chi connectivity index (χ4v) is 2.89. The van der Waals surface area contributed by atoms with Gasteiger partial charge in [0.15, 0.2) is 17.2 Å². The number of benzene rings is 2. The van der Waals surface area contributed by atoms with Crippen LogP contribution in [0, 0.1) is 0 Å². The molecule has 0 spiro atoms. The molecule has 10 heteroatoms. The van der Waals surface area contributed by atoms with Crippen LogP contribution in [0.4, 0.5) is 24.7 Å². The van der Waals surface area contributed by atoms with Crippen molar-refractivity contribution in [3.05, 3.63) is 77.0 Å². The van der Waals surface area contributed by atoms with Crippen LogP contribution in [0.3, 0.4) is 0 Å². The molecule has 0 atom stereocenters. The molecule has 0 aliphatic carbocycles. The zero-order valence-corrected chi connectivity index (χ0v) is 14.8. The third kappa shape index (κ3) is 4.05. The highest BCUT2D eigenvalue weighted by molar-refractivity contribution is 5.85. The molecule has 4 aromatic rings. The van der Waals surface area contributed by atoms with Crippen molar-refractivity contribution in [3.63, 3.8) is 0 Å². The number of nitrogens with one attached hydrogen (secondary N) is 2. The predicted octanol–water partition coefficient (Wildman–Crippen LogP) is 3.81. The minimum Gasteiger partial charge on any atom is -0.404 e. The number of fused-ring (bicyclic) bond motifs is 1. The lowest BCUT2D eigenvalue weighted by atomic mass is 10.2. The first-order valence-electron chi connectivity index (χ1n) is 8.50. The predicted molar refractivity (Wildman–Crippen MR) is 100 cm³/mol. The van der Waals surface area contributed by atoms with E-state index in [2.05, 4.69) is 25.0 Å². The van der Waals surface area contributed by atoms with Gasteiger partial charge in [0.25, 0.3) is 0 Å². The maximum absolute atomic E-state index is 12.6. The molecule has 2 heterocycles. The first kappa shape index (κ1) is 18.5. The zero-order chi connectivity index (χ0) is 20.4. The third-order valence-corrected chi connectivity index (χ3v) is 4.11. The first-order valence-corrected chi connectivity index (χ1v) is 8.50. The van der Waals surface area contributed by atoms with Crippen LogP contribution in [0.5, 0.6) is 5.75 Å². The number of rotatable bonds is 5. The second-order valence-electron chi connectivity index (χ2n) is 6.09. The summed E-state index contributed by atoms with van der Waals surface area (Å²) in [4.78, 5) is 23.3. The quantitative estimate of drug-likeness (QED) is 0.531. The van der Waals surface area contributed by atoms with Gasteiger partial charge in [-0.1, -0.05) is 42.5 Å². The van der Waals surface area contributed by atoms with Crippen LogP contribution in [0.25, 0.3) is 11.2 Å². The molecule has 29 heavy (non-hydrogen) atoms. The first-order chi connectivity index (χ1) is 13.9. The number of hydrogen-bond acceptors (Lipinski definition) is 5. The highest BCUT2D eigenvalue weighted by Gasteiger charge is 2.32. The fourth-order valence-electron chi connectivity index (χ4n) is 2.89. The Balaban J connectivity index is 1.72. The van der Waals surface area contributed by atoms with Crippen LogP contribution >= 0.6 is 0 Å². The number of alkyl halides is 3. The Hall–Kier alpha value is -3.82. The Labute approximate surface area is 161 Å². The van der Waals surface area contributed by atoms with Crippen molar-refractivity contribution in [2.24, 2.45) is 0 Å². The largest absolute Gasteiger partial charge is 0.573 e. The summed E-state index contributed by atoms with van der Waals surface area (Å²) in [5.74, 6) is -0.269. The van der Waals surface area contributed by atoms with Gasteiger partial charge in [-0.2, -0.15) is 0 Å². The summed E-state index contributed by atoms with van der Waals surface area (Å²) in [6.07, 6.45) is -3.61. The number of para-hydroxylation sites is 2. The summed E-state index contributed by atoms with van der Waals surface area (Å²) in [6, 6.07) is 14.9. The van der Waals surface area contributed by atoms with Crippen molar-refractivity contribution in [3.8, 4) is 5.75 Å². The van der Waals surface area contributed by atoms with Gasteiger partial charge in [0.1, 0.15) is 11.8 Å². The van der Waals surface area contributed by atoms with E-state index in [0.29, 0.717) is 5.65 Å². The highest BCUT2D eigenvalue weighted by atomic mass is 19.4. The monoisotopic (exact) mass is 401 g/mol. The topological polar surface area (TPSA) is 84.8 Å². The molecule has 148 valence electrons. The molecule has 0 radical (unpaired) electrons. The van der Waals surface area contributed by atoms with Gasteiger partial charge in [-0.05, 0) is 17.7 Å². The number of anilines is 2. The Morgan fingerprint density at radius 1 is 1.03 bits per heavy atom. The van der Waals surface area contributed by atoms with Crippen molar-refractivity contribution in [1.29, 1.82) is 0 Å². The molecule has 2 aromatic carbocycles. The third-order valence-electron chi connectivity index (χ3n) is 4.11. The molecule has 0 fully saturated rings. The Morgan fingerprint density at radius 3 is 2.52 bits per heavy atom. The van der Waals surface area contributed by atoms with Crippen molar-refractivity contribution < 1.29 is 17.9 Å². The SMILES string of the molecule is O=c1[nH]c2c(Nc3ccccc3OC(F)(F)F)ncnc2n1Cc1ccccc1. The van der Waals surface area contributed by atoms with Crippen LogP contribution in [0.15, 0.2) is 65.7 Å². The fraction of sp³-hybridized carbons (Fsp3) is 0.105. The molecule has 7 nitrogen and oxygen atoms in total. The smallest absolute Gasteiger partial charge is 0.404 e.